The third-order valence-electron chi connectivity index (χ3n) is 3.10. The Kier molecular flexibility index (Phi) is 6.19. The molecule has 2 aromatic rings. The first kappa shape index (κ1) is 18.2. The van der Waals surface area contributed by atoms with Crippen LogP contribution in [-0.2, 0) is 0 Å². The fourth-order valence-electron chi connectivity index (χ4n) is 1.57. The Hall–Kier alpha value is -1.80. The summed E-state index contributed by atoms with van der Waals surface area (Å²) in [4.78, 5) is 9.90. The maximum absolute atomic E-state index is 10.4. The van der Waals surface area contributed by atoms with E-state index in [1.54, 1.807) is 19.1 Å². The van der Waals surface area contributed by atoms with Crippen molar-refractivity contribution in [1.82, 2.24) is 0 Å². The highest BCUT2D eigenvalue weighted by molar-refractivity contribution is 9.10. The summed E-state index contributed by atoms with van der Waals surface area (Å²) < 4.78 is 1.78. The van der Waals surface area contributed by atoms with E-state index < -0.39 is 4.92 Å². The molecule has 22 heavy (non-hydrogen) atoms. The largest absolute Gasteiger partial charge is 0.397 e. The lowest BCUT2D eigenvalue weighted by Gasteiger charge is -2.04. The quantitative estimate of drug-likeness (QED) is 0.355. The summed E-state index contributed by atoms with van der Waals surface area (Å²) in [5.74, 6) is 0. The van der Waals surface area contributed by atoms with E-state index in [1.807, 2.05) is 13.0 Å². The second-order valence-electron chi connectivity index (χ2n) is 4.54. The van der Waals surface area contributed by atoms with Crippen molar-refractivity contribution >= 4 is 54.6 Å². The lowest BCUT2D eigenvalue weighted by molar-refractivity contribution is -0.383. The molecule has 0 atom stereocenters. The lowest BCUT2D eigenvalue weighted by atomic mass is 10.2. The zero-order valence-electron chi connectivity index (χ0n) is 12.1. The van der Waals surface area contributed by atoms with E-state index in [0.29, 0.717) is 16.9 Å². The van der Waals surface area contributed by atoms with Gasteiger partial charge < -0.3 is 17.2 Å². The molecular weight excluding hydrogens is 416 g/mol. The molecule has 0 aromatic heterocycles. The van der Waals surface area contributed by atoms with Crippen LogP contribution >= 0.6 is 31.9 Å². The number of rotatable bonds is 1. The van der Waals surface area contributed by atoms with Crippen molar-refractivity contribution in [2.75, 3.05) is 17.2 Å². The van der Waals surface area contributed by atoms with Gasteiger partial charge in [0.15, 0.2) is 0 Å². The van der Waals surface area contributed by atoms with Crippen molar-refractivity contribution in [2.24, 2.45) is 0 Å². The molecule has 0 heterocycles. The van der Waals surface area contributed by atoms with E-state index in [-0.39, 0.29) is 11.4 Å². The summed E-state index contributed by atoms with van der Waals surface area (Å²) in [6.45, 7) is 3.65. The van der Waals surface area contributed by atoms with Crippen LogP contribution in [-0.4, -0.2) is 4.92 Å². The number of anilines is 3. The van der Waals surface area contributed by atoms with Crippen LogP contribution in [0, 0.1) is 24.0 Å². The number of halogens is 2. The molecule has 0 amide bonds. The van der Waals surface area contributed by atoms with Gasteiger partial charge in [0.05, 0.1) is 16.3 Å². The molecule has 0 unspecified atom stereocenters. The van der Waals surface area contributed by atoms with Crippen LogP contribution in [0.3, 0.4) is 0 Å². The number of nitro benzene ring substituents is 1. The topological polar surface area (TPSA) is 121 Å². The van der Waals surface area contributed by atoms with Gasteiger partial charge in [-0.2, -0.15) is 0 Å². The Labute approximate surface area is 145 Å². The Morgan fingerprint density at radius 3 is 1.82 bits per heavy atom. The molecule has 0 bridgehead atoms. The maximum Gasteiger partial charge on any atom is 0.292 e. The van der Waals surface area contributed by atoms with Crippen molar-refractivity contribution in [3.8, 4) is 0 Å². The number of nitrogens with zero attached hydrogens (tertiary/aromatic N) is 1. The maximum atomic E-state index is 10.4. The molecule has 8 heteroatoms. The van der Waals surface area contributed by atoms with Gasteiger partial charge in [0, 0.05) is 15.0 Å². The fourth-order valence-corrected chi connectivity index (χ4v) is 2.26. The standard InChI is InChI=1S/C7H7BrN2O2.C7H9BrN2/c1-4-5(8)2-3-6(7(4)9)10(11)12;1-4-5(8)2-3-6(9)7(4)10/h2-3H,9H2,1H3;2-3H,9-10H2,1H3. The van der Waals surface area contributed by atoms with Gasteiger partial charge in [-0.25, -0.2) is 0 Å². The first-order chi connectivity index (χ1) is 10.2. The molecular formula is C14H16Br2N4O2. The molecule has 0 aliphatic heterocycles. The number of hydrogen-bond acceptors (Lipinski definition) is 5. The van der Waals surface area contributed by atoms with Crippen LogP contribution < -0.4 is 17.2 Å². The van der Waals surface area contributed by atoms with Gasteiger partial charge in [-0.1, -0.05) is 31.9 Å². The summed E-state index contributed by atoms with van der Waals surface area (Å²) in [6, 6.07) is 6.67. The van der Waals surface area contributed by atoms with Crippen molar-refractivity contribution in [1.29, 1.82) is 0 Å². The lowest BCUT2D eigenvalue weighted by Crippen LogP contribution is -1.98. The van der Waals surface area contributed by atoms with Gasteiger partial charge in [-0.3, -0.25) is 10.1 Å². The Bertz CT molecular complexity index is 693. The fraction of sp³-hybridized carbons (Fsp3) is 0.143. The van der Waals surface area contributed by atoms with Crippen molar-refractivity contribution < 1.29 is 4.92 Å². The van der Waals surface area contributed by atoms with E-state index in [4.69, 9.17) is 17.2 Å². The summed E-state index contributed by atoms with van der Waals surface area (Å²) >= 11 is 6.57. The highest BCUT2D eigenvalue weighted by Gasteiger charge is 2.13. The molecule has 6 N–H and O–H groups in total. The molecule has 2 aromatic carbocycles. The molecule has 118 valence electrons. The molecule has 0 aliphatic carbocycles. The molecule has 0 saturated carbocycles. The minimum Gasteiger partial charge on any atom is -0.397 e. The number of hydrogen-bond donors (Lipinski definition) is 3. The SMILES string of the molecule is Cc1c(Br)ccc(N)c1N.Cc1c(Br)ccc([N+](=O)[O-])c1N. The van der Waals surface area contributed by atoms with Crippen molar-refractivity contribution in [2.45, 2.75) is 13.8 Å². The van der Waals surface area contributed by atoms with Gasteiger partial charge in [-0.15, -0.1) is 0 Å². The van der Waals surface area contributed by atoms with Gasteiger partial charge in [0.2, 0.25) is 0 Å². The van der Waals surface area contributed by atoms with Crippen LogP contribution in [0.15, 0.2) is 33.2 Å². The molecule has 0 saturated heterocycles. The highest BCUT2D eigenvalue weighted by atomic mass is 79.9. The highest BCUT2D eigenvalue weighted by Crippen LogP contribution is 2.30. The Balaban J connectivity index is 0.000000224. The van der Waals surface area contributed by atoms with Gasteiger partial charge in [0.25, 0.3) is 5.69 Å². The first-order valence-corrected chi connectivity index (χ1v) is 7.74. The van der Waals surface area contributed by atoms with Crippen LogP contribution in [0.5, 0.6) is 0 Å². The summed E-state index contributed by atoms with van der Waals surface area (Å²) in [7, 11) is 0. The number of nitro groups is 1. The van der Waals surface area contributed by atoms with E-state index in [9.17, 15) is 10.1 Å². The minimum atomic E-state index is -0.491. The normalized spacial score (nSPS) is 9.82. The van der Waals surface area contributed by atoms with Crippen LogP contribution in [0.25, 0.3) is 0 Å². The summed E-state index contributed by atoms with van der Waals surface area (Å²) in [5.41, 5.74) is 19.9. The van der Waals surface area contributed by atoms with Crippen LogP contribution in [0.2, 0.25) is 0 Å². The minimum absolute atomic E-state index is 0.0456. The summed E-state index contributed by atoms with van der Waals surface area (Å²) in [5, 5.41) is 10.4. The van der Waals surface area contributed by atoms with Crippen LogP contribution in [0.4, 0.5) is 22.7 Å². The first-order valence-electron chi connectivity index (χ1n) is 6.15. The summed E-state index contributed by atoms with van der Waals surface area (Å²) in [6.07, 6.45) is 0. The number of nitrogen functional groups attached to an aromatic ring is 3. The zero-order valence-corrected chi connectivity index (χ0v) is 15.2. The predicted octanol–water partition coefficient (Wildman–Crippen LogP) is 4.17. The molecule has 0 spiro atoms. The average molecular weight is 432 g/mol. The second kappa shape index (κ2) is 7.46. The number of nitrogens with two attached hydrogens (primary N) is 3. The van der Waals surface area contributed by atoms with Gasteiger partial charge >= 0.3 is 0 Å². The zero-order chi connectivity index (χ0) is 17.0. The van der Waals surface area contributed by atoms with Gasteiger partial charge in [-0.05, 0) is 43.2 Å². The molecule has 0 radical (unpaired) electrons. The van der Waals surface area contributed by atoms with Crippen LogP contribution in [0.1, 0.15) is 11.1 Å². The number of benzene rings is 2. The smallest absolute Gasteiger partial charge is 0.292 e. The Morgan fingerprint density at radius 1 is 0.909 bits per heavy atom. The third kappa shape index (κ3) is 4.11. The van der Waals surface area contributed by atoms with E-state index >= 15 is 0 Å². The van der Waals surface area contributed by atoms with Gasteiger partial charge in [0.1, 0.15) is 5.69 Å². The second-order valence-corrected chi connectivity index (χ2v) is 6.25. The predicted molar refractivity (Wildman–Crippen MR) is 97.6 cm³/mol. The Morgan fingerprint density at radius 2 is 1.36 bits per heavy atom. The van der Waals surface area contributed by atoms with Crippen molar-refractivity contribution in [3.63, 3.8) is 0 Å². The van der Waals surface area contributed by atoms with E-state index in [0.717, 1.165) is 14.5 Å². The molecule has 0 aliphatic rings. The molecule has 6 nitrogen and oxygen atoms in total. The van der Waals surface area contributed by atoms with Crippen molar-refractivity contribution in [3.05, 3.63) is 54.5 Å². The third-order valence-corrected chi connectivity index (χ3v) is 4.82. The monoisotopic (exact) mass is 430 g/mol. The van der Waals surface area contributed by atoms with E-state index in [1.165, 1.54) is 6.07 Å². The van der Waals surface area contributed by atoms with E-state index in [2.05, 4.69) is 31.9 Å². The average Bonchev–Trinajstić information content (AvgIpc) is 2.47. The molecule has 2 rings (SSSR count). The molecule has 0 fully saturated rings.